The molecule has 0 bridgehead atoms. The van der Waals surface area contributed by atoms with Crippen LogP contribution < -0.4 is 5.56 Å². The average molecular weight is 538 g/mol. The summed E-state index contributed by atoms with van der Waals surface area (Å²) in [6, 6.07) is 17.1. The second-order valence-corrected chi connectivity index (χ2v) is 10.7. The molecule has 0 spiro atoms. The zero-order valence-electron chi connectivity index (χ0n) is 21.3. The molecule has 198 valence electrons. The van der Waals surface area contributed by atoms with Crippen molar-refractivity contribution >= 4 is 9.84 Å². The smallest absolute Gasteiger partial charge is 0.296 e. The van der Waals surface area contributed by atoms with Crippen LogP contribution in [-0.4, -0.2) is 41.8 Å². The van der Waals surface area contributed by atoms with Crippen molar-refractivity contribution in [3.05, 3.63) is 100 Å². The fraction of sp³-hybridized carbons (Fsp3) is 0.250. The Labute approximate surface area is 220 Å². The third-order valence-corrected chi connectivity index (χ3v) is 8.01. The minimum absolute atomic E-state index is 0.109. The highest BCUT2D eigenvalue weighted by molar-refractivity contribution is 7.91. The van der Waals surface area contributed by atoms with Gasteiger partial charge in [-0.05, 0) is 48.7 Å². The van der Waals surface area contributed by atoms with Gasteiger partial charge in [-0.25, -0.2) is 13.4 Å². The predicted octanol–water partition coefficient (Wildman–Crippen LogP) is 4.48. The SMILES string of the molecule is CCCc1nc(=O)c(S(=O)(=O)c2ccc(-c3ccc(F)nc3C)cc2)c(O)n1C(COC)c1ccccc1. The van der Waals surface area contributed by atoms with E-state index < -0.39 is 38.2 Å². The fourth-order valence-corrected chi connectivity index (χ4v) is 5.78. The summed E-state index contributed by atoms with van der Waals surface area (Å²) < 4.78 is 47.5. The van der Waals surface area contributed by atoms with Crippen LogP contribution in [0.5, 0.6) is 5.88 Å². The summed E-state index contributed by atoms with van der Waals surface area (Å²) >= 11 is 0. The molecule has 1 N–H and O–H groups in total. The number of nitrogens with zero attached hydrogens (tertiary/aromatic N) is 3. The standard InChI is InChI=1S/C28H28FN3O5S/c1-4-8-25-31-27(33)26(28(34)32(25)23(17-37-3)20-9-6-5-7-10-20)38(35,36)21-13-11-19(12-14-21)22-15-16-24(29)30-18(22)2/h5-7,9-16,23,34H,4,8,17H2,1-3H3. The molecule has 10 heteroatoms. The molecule has 0 saturated carbocycles. The fourth-order valence-electron chi connectivity index (χ4n) is 4.43. The lowest BCUT2D eigenvalue weighted by molar-refractivity contribution is 0.161. The van der Waals surface area contributed by atoms with Crippen LogP contribution in [0, 0.1) is 12.9 Å². The monoisotopic (exact) mass is 537 g/mol. The summed E-state index contributed by atoms with van der Waals surface area (Å²) in [6.45, 7) is 3.65. The third-order valence-electron chi connectivity index (χ3n) is 6.22. The summed E-state index contributed by atoms with van der Waals surface area (Å²) in [4.78, 5) is 20.0. The van der Waals surface area contributed by atoms with Gasteiger partial charge in [0.25, 0.3) is 5.56 Å². The van der Waals surface area contributed by atoms with E-state index in [1.807, 2.05) is 37.3 Å². The van der Waals surface area contributed by atoms with Crippen molar-refractivity contribution in [2.45, 2.75) is 42.5 Å². The summed E-state index contributed by atoms with van der Waals surface area (Å²) in [7, 11) is -2.96. The Morgan fingerprint density at radius 1 is 1.03 bits per heavy atom. The first-order valence-corrected chi connectivity index (χ1v) is 13.5. The minimum Gasteiger partial charge on any atom is -0.493 e. The molecule has 2 aromatic heterocycles. The summed E-state index contributed by atoms with van der Waals surface area (Å²) in [5.74, 6) is -1.05. The molecule has 2 heterocycles. The third kappa shape index (κ3) is 5.23. The normalized spacial score (nSPS) is 12.4. The quantitative estimate of drug-likeness (QED) is 0.313. The lowest BCUT2D eigenvalue weighted by Crippen LogP contribution is -2.29. The second kappa shape index (κ2) is 11.2. The van der Waals surface area contributed by atoms with Crippen LogP contribution in [0.25, 0.3) is 11.1 Å². The molecule has 0 saturated heterocycles. The number of ether oxygens (including phenoxy) is 1. The molecule has 4 aromatic rings. The van der Waals surface area contributed by atoms with Crippen molar-refractivity contribution in [3.63, 3.8) is 0 Å². The number of pyridine rings is 1. The highest BCUT2D eigenvalue weighted by atomic mass is 32.2. The predicted molar refractivity (Wildman–Crippen MR) is 140 cm³/mol. The maximum Gasteiger partial charge on any atom is 0.296 e. The Morgan fingerprint density at radius 2 is 1.71 bits per heavy atom. The van der Waals surface area contributed by atoms with E-state index in [1.54, 1.807) is 25.1 Å². The van der Waals surface area contributed by atoms with Gasteiger partial charge in [-0.1, -0.05) is 49.4 Å². The van der Waals surface area contributed by atoms with E-state index in [-0.39, 0.29) is 17.3 Å². The van der Waals surface area contributed by atoms with Crippen LogP contribution in [-0.2, 0) is 21.0 Å². The largest absolute Gasteiger partial charge is 0.493 e. The first kappa shape index (κ1) is 27.2. The topological polar surface area (TPSA) is 111 Å². The van der Waals surface area contributed by atoms with E-state index in [1.165, 1.54) is 29.9 Å². The van der Waals surface area contributed by atoms with Gasteiger partial charge < -0.3 is 9.84 Å². The zero-order valence-corrected chi connectivity index (χ0v) is 22.1. The van der Waals surface area contributed by atoms with Crippen molar-refractivity contribution < 1.29 is 22.7 Å². The van der Waals surface area contributed by atoms with Gasteiger partial charge in [0.05, 0.1) is 17.5 Å². The van der Waals surface area contributed by atoms with Crippen LogP contribution in [0.1, 0.15) is 36.5 Å². The molecule has 0 aliphatic rings. The first-order chi connectivity index (χ1) is 18.2. The van der Waals surface area contributed by atoms with E-state index in [0.29, 0.717) is 29.7 Å². The molecule has 38 heavy (non-hydrogen) atoms. The van der Waals surface area contributed by atoms with Crippen molar-refractivity contribution in [2.75, 3.05) is 13.7 Å². The van der Waals surface area contributed by atoms with Crippen LogP contribution in [0.4, 0.5) is 4.39 Å². The van der Waals surface area contributed by atoms with E-state index in [9.17, 15) is 22.7 Å². The molecule has 1 unspecified atom stereocenters. The van der Waals surface area contributed by atoms with E-state index in [0.717, 1.165) is 5.56 Å². The van der Waals surface area contributed by atoms with Gasteiger partial charge in [0.15, 0.2) is 4.90 Å². The maximum atomic E-state index is 13.7. The van der Waals surface area contributed by atoms with E-state index in [2.05, 4.69) is 9.97 Å². The lowest BCUT2D eigenvalue weighted by atomic mass is 10.1. The number of aromatic hydroxyl groups is 1. The molecule has 2 aromatic carbocycles. The van der Waals surface area contributed by atoms with Crippen molar-refractivity contribution in [1.82, 2.24) is 14.5 Å². The molecule has 0 aliphatic carbocycles. The van der Waals surface area contributed by atoms with Crippen LogP contribution in [0.3, 0.4) is 0 Å². The summed E-state index contributed by atoms with van der Waals surface area (Å²) in [6.07, 6.45) is 0.960. The second-order valence-electron chi connectivity index (χ2n) is 8.78. The number of sulfone groups is 1. The lowest BCUT2D eigenvalue weighted by Gasteiger charge is -2.25. The van der Waals surface area contributed by atoms with Crippen LogP contribution >= 0.6 is 0 Å². The number of rotatable bonds is 9. The van der Waals surface area contributed by atoms with Crippen molar-refractivity contribution in [2.24, 2.45) is 0 Å². The van der Waals surface area contributed by atoms with Crippen molar-refractivity contribution in [3.8, 4) is 17.0 Å². The summed E-state index contributed by atoms with van der Waals surface area (Å²) in [5.41, 5.74) is 1.42. The molecule has 0 amide bonds. The number of hydrogen-bond acceptors (Lipinski definition) is 7. The highest BCUT2D eigenvalue weighted by Crippen LogP contribution is 2.33. The van der Waals surface area contributed by atoms with Gasteiger partial charge in [-0.2, -0.15) is 9.37 Å². The maximum absolute atomic E-state index is 13.7. The van der Waals surface area contributed by atoms with Gasteiger partial charge in [-0.15, -0.1) is 0 Å². The number of halogens is 1. The molecular formula is C28H28FN3O5S. The average Bonchev–Trinajstić information content (AvgIpc) is 2.88. The molecule has 1 atom stereocenters. The Bertz CT molecular complexity index is 1600. The van der Waals surface area contributed by atoms with Gasteiger partial charge in [-0.3, -0.25) is 9.36 Å². The van der Waals surface area contributed by atoms with Gasteiger partial charge in [0.2, 0.25) is 21.7 Å². The zero-order chi connectivity index (χ0) is 27.4. The molecule has 4 rings (SSSR count). The molecule has 0 aliphatic heterocycles. The number of aryl methyl sites for hydroxylation is 2. The van der Waals surface area contributed by atoms with E-state index in [4.69, 9.17) is 4.74 Å². The molecule has 0 fully saturated rings. The Morgan fingerprint density at radius 3 is 2.32 bits per heavy atom. The van der Waals surface area contributed by atoms with Crippen molar-refractivity contribution in [1.29, 1.82) is 0 Å². The molecular weight excluding hydrogens is 509 g/mol. The Kier molecular flexibility index (Phi) is 8.03. The number of methoxy groups -OCH3 is 1. The number of aromatic nitrogens is 3. The van der Waals surface area contributed by atoms with Gasteiger partial charge in [0, 0.05) is 24.8 Å². The number of benzene rings is 2. The Hall–Kier alpha value is -3.89. The van der Waals surface area contributed by atoms with Crippen LogP contribution in [0.15, 0.2) is 81.3 Å². The summed E-state index contributed by atoms with van der Waals surface area (Å²) in [5, 5.41) is 11.4. The van der Waals surface area contributed by atoms with Gasteiger partial charge >= 0.3 is 0 Å². The molecule has 0 radical (unpaired) electrons. The first-order valence-electron chi connectivity index (χ1n) is 12.1. The van der Waals surface area contributed by atoms with Gasteiger partial charge in [0.1, 0.15) is 5.82 Å². The van der Waals surface area contributed by atoms with Crippen LogP contribution in [0.2, 0.25) is 0 Å². The highest BCUT2D eigenvalue weighted by Gasteiger charge is 2.32. The van der Waals surface area contributed by atoms with E-state index >= 15 is 0 Å². The Balaban J connectivity index is 1.86. The number of hydrogen-bond donors (Lipinski definition) is 1. The molecule has 8 nitrogen and oxygen atoms in total. The minimum atomic E-state index is -4.46.